The monoisotopic (exact) mass is 870 g/mol. The maximum absolute atomic E-state index is 11.7. The average Bonchev–Trinajstić information content (AvgIpc) is 3.02. The third-order valence-corrected chi connectivity index (χ3v) is 7.79. The average molecular weight is 871 g/mol. The van der Waals surface area contributed by atoms with E-state index in [4.69, 9.17) is 34.2 Å². The molecule has 1 amide bonds. The molecule has 15 atom stereocenters. The van der Waals surface area contributed by atoms with Crippen LogP contribution in [0.15, 0.2) is 0 Å². The Morgan fingerprint density at radius 3 is 1.87 bits per heavy atom. The minimum absolute atomic E-state index is 0. The second-order valence-electron chi connectivity index (χ2n) is 11.0. The van der Waals surface area contributed by atoms with Crippen LogP contribution in [0, 0.1) is 44.1 Å². The maximum atomic E-state index is 11.7. The summed E-state index contributed by atoms with van der Waals surface area (Å²) in [6.45, 7) is 0.114. The SMILES string of the molecule is CCCCC(=O)NCCCO[C@@H]1OC(CO)[C@H](OC2OC(CO)[C@@H](O)C(O[C@@H]3OC(CO)[C@H](O)C(O)C3O)C2O)C(O)C1[NH-].[Ac]. The molecule has 3 fully saturated rings. The predicted molar refractivity (Wildman–Crippen MR) is 144 cm³/mol. The number of unbranched alkanes of at least 4 members (excludes halogenated alkanes) is 1. The van der Waals surface area contributed by atoms with Gasteiger partial charge in [0, 0.05) is 57.0 Å². The van der Waals surface area contributed by atoms with Crippen molar-refractivity contribution in [2.24, 2.45) is 0 Å². The van der Waals surface area contributed by atoms with E-state index in [-0.39, 0.29) is 56.6 Å². The van der Waals surface area contributed by atoms with Crippen molar-refractivity contribution in [1.82, 2.24) is 5.32 Å². The first kappa shape index (κ1) is 41.4. The van der Waals surface area contributed by atoms with Crippen LogP contribution in [0.5, 0.6) is 0 Å². The topological polar surface area (TPSA) is 290 Å². The van der Waals surface area contributed by atoms with Gasteiger partial charge in [-0.25, -0.2) is 0 Å². The molecule has 45 heavy (non-hydrogen) atoms. The smallest absolute Gasteiger partial charge is 0.219 e. The molecular weight excluding hydrogens is 823 g/mol. The first-order valence-corrected chi connectivity index (χ1v) is 14.8. The molecule has 3 rings (SSSR count). The molecule has 261 valence electrons. The Hall–Kier alpha value is 0.272. The zero-order valence-corrected chi connectivity index (χ0v) is 29.7. The fourth-order valence-corrected chi connectivity index (χ4v) is 5.12. The van der Waals surface area contributed by atoms with E-state index in [2.05, 4.69) is 5.32 Å². The number of amides is 1. The summed E-state index contributed by atoms with van der Waals surface area (Å²) in [5.41, 5.74) is 8.39. The van der Waals surface area contributed by atoms with Gasteiger partial charge in [0.15, 0.2) is 12.6 Å². The second-order valence-corrected chi connectivity index (χ2v) is 11.0. The van der Waals surface area contributed by atoms with Gasteiger partial charge in [-0.2, -0.15) is 0 Å². The van der Waals surface area contributed by atoms with Crippen LogP contribution in [0.4, 0.5) is 0 Å². The standard InChI is InChI=1S/C26H47N2O16.Ac/c1-2-3-5-14(32)28-6-4-7-39-24-15(27)18(35)22(13(10-31)42-24)43-26-21(38)23(17(34)12(9-30)41-26)44-25-20(37)19(36)16(33)11(8-29)40-25;/h11-13,15-27,29-31,33-38H,2-10H2,1H3,(H,28,32);/q-1;/t11?,12?,13?,15?,16-,17+,18?,19?,20?,21?,22-,23?,24+,25-,26?;/m0./s1. The van der Waals surface area contributed by atoms with Crippen LogP contribution in [0.1, 0.15) is 32.6 Å². The molecule has 0 aliphatic carbocycles. The molecule has 1 radical (unpaired) electrons. The molecule has 18 nitrogen and oxygen atoms in total. The van der Waals surface area contributed by atoms with Crippen LogP contribution in [-0.4, -0.2) is 177 Å². The summed E-state index contributed by atoms with van der Waals surface area (Å²) in [6, 6.07) is -1.44. The summed E-state index contributed by atoms with van der Waals surface area (Å²) < 4.78 is 33.2. The number of nitrogens with one attached hydrogen (secondary N) is 2. The molecule has 19 heteroatoms. The fraction of sp³-hybridized carbons (Fsp3) is 0.962. The number of carbonyl (C=O) groups is 1. The van der Waals surface area contributed by atoms with E-state index in [1.54, 1.807) is 0 Å². The van der Waals surface area contributed by atoms with E-state index in [1.165, 1.54) is 0 Å². The van der Waals surface area contributed by atoms with Gasteiger partial charge in [-0.1, -0.05) is 19.4 Å². The van der Waals surface area contributed by atoms with Crippen LogP contribution in [-0.2, 0) is 33.2 Å². The summed E-state index contributed by atoms with van der Waals surface area (Å²) in [4.78, 5) is 11.7. The molecule has 3 aliphatic rings. The first-order chi connectivity index (χ1) is 21.0. The van der Waals surface area contributed by atoms with Crippen LogP contribution < -0.4 is 5.32 Å². The maximum Gasteiger partial charge on any atom is 0.219 e. The van der Waals surface area contributed by atoms with Crippen molar-refractivity contribution in [2.45, 2.75) is 125 Å². The summed E-state index contributed by atoms with van der Waals surface area (Å²) in [5.74, 6) is -0.0844. The van der Waals surface area contributed by atoms with Crippen molar-refractivity contribution in [1.29, 1.82) is 0 Å². The van der Waals surface area contributed by atoms with E-state index in [9.17, 15) is 50.8 Å². The Bertz CT molecular complexity index is 864. The van der Waals surface area contributed by atoms with Crippen molar-refractivity contribution in [3.8, 4) is 0 Å². The summed E-state index contributed by atoms with van der Waals surface area (Å²) >= 11 is 0. The van der Waals surface area contributed by atoms with Gasteiger partial charge < -0.3 is 85.4 Å². The van der Waals surface area contributed by atoms with Gasteiger partial charge in [-0.15, -0.1) is 0 Å². The van der Waals surface area contributed by atoms with Crippen molar-refractivity contribution < 1.29 is 123 Å². The van der Waals surface area contributed by atoms with Gasteiger partial charge in [0.2, 0.25) is 5.91 Å². The van der Waals surface area contributed by atoms with Gasteiger partial charge in [0.25, 0.3) is 0 Å². The van der Waals surface area contributed by atoms with Crippen LogP contribution >= 0.6 is 0 Å². The van der Waals surface area contributed by atoms with Crippen molar-refractivity contribution in [3.63, 3.8) is 0 Å². The number of hydrogen-bond acceptors (Lipinski definition) is 16. The predicted octanol–water partition coefficient (Wildman–Crippen LogP) is -4.79. The molecule has 0 aromatic rings. The fourth-order valence-electron chi connectivity index (χ4n) is 5.12. The molecule has 10 unspecified atom stereocenters. The Morgan fingerprint density at radius 2 is 1.27 bits per heavy atom. The molecule has 3 aliphatic heterocycles. The van der Waals surface area contributed by atoms with Gasteiger partial charge in [0.1, 0.15) is 67.3 Å². The van der Waals surface area contributed by atoms with Crippen LogP contribution in [0.25, 0.3) is 5.73 Å². The van der Waals surface area contributed by atoms with E-state index < -0.39 is 112 Å². The number of rotatable bonds is 15. The quantitative estimate of drug-likeness (QED) is 0.0692. The number of aliphatic hydroxyl groups is 9. The van der Waals surface area contributed by atoms with E-state index in [1.807, 2.05) is 6.92 Å². The molecular formula is C26H47AcN2O16-. The zero-order chi connectivity index (χ0) is 32.6. The molecule has 0 aromatic heterocycles. The molecule has 3 heterocycles. The van der Waals surface area contributed by atoms with E-state index in [0.717, 1.165) is 12.8 Å². The molecule has 0 spiro atoms. The first-order valence-electron chi connectivity index (χ1n) is 14.8. The normalized spacial score (nSPS) is 42.2. The Morgan fingerprint density at radius 1 is 0.711 bits per heavy atom. The van der Waals surface area contributed by atoms with Crippen molar-refractivity contribution in [3.05, 3.63) is 5.73 Å². The Balaban J connectivity index is 0.00000705. The van der Waals surface area contributed by atoms with Gasteiger partial charge in [-0.05, 0) is 12.8 Å². The largest absolute Gasteiger partial charge is 0.668 e. The third-order valence-electron chi connectivity index (χ3n) is 7.79. The summed E-state index contributed by atoms with van der Waals surface area (Å²) in [7, 11) is 0. The summed E-state index contributed by atoms with van der Waals surface area (Å²) in [5, 5.41) is 94.9. The molecule has 11 N–H and O–H groups in total. The number of ether oxygens (including phenoxy) is 6. The van der Waals surface area contributed by atoms with Gasteiger partial charge in [0.05, 0.1) is 32.5 Å². The van der Waals surface area contributed by atoms with E-state index >= 15 is 0 Å². The number of aliphatic hydroxyl groups excluding tert-OH is 9. The zero-order valence-electron chi connectivity index (χ0n) is 25.0. The molecule has 0 saturated carbocycles. The number of hydrogen-bond donors (Lipinski definition) is 10. The van der Waals surface area contributed by atoms with Crippen LogP contribution in [0.3, 0.4) is 0 Å². The molecule has 0 bridgehead atoms. The van der Waals surface area contributed by atoms with Gasteiger partial charge >= 0.3 is 0 Å². The van der Waals surface area contributed by atoms with Crippen LogP contribution in [0.2, 0.25) is 0 Å². The third kappa shape index (κ3) is 10.6. The summed E-state index contributed by atoms with van der Waals surface area (Å²) in [6.07, 6.45) is -20.1. The Labute approximate surface area is 296 Å². The Kier molecular flexibility index (Phi) is 18.5. The van der Waals surface area contributed by atoms with E-state index in [0.29, 0.717) is 19.4 Å². The van der Waals surface area contributed by atoms with Crippen molar-refractivity contribution >= 4 is 5.91 Å². The molecule has 0 aromatic carbocycles. The van der Waals surface area contributed by atoms with Gasteiger partial charge in [-0.3, -0.25) is 4.79 Å². The number of carbonyl (C=O) groups excluding carboxylic acids is 1. The minimum atomic E-state index is -1.89. The molecule has 3 saturated heterocycles. The second kappa shape index (κ2) is 20.1. The van der Waals surface area contributed by atoms with Crippen molar-refractivity contribution in [2.75, 3.05) is 33.0 Å². The minimum Gasteiger partial charge on any atom is -0.668 e.